The molecule has 1 fully saturated rings. The highest BCUT2D eigenvalue weighted by Crippen LogP contribution is 2.01. The van der Waals surface area contributed by atoms with E-state index >= 15 is 0 Å². The summed E-state index contributed by atoms with van der Waals surface area (Å²) in [7, 11) is 1.64. The number of rotatable bonds is 7. The number of carbonyl (C=O) groups excluding carboxylic acids is 2. The number of methoxy groups -OCH3 is 1. The molecule has 1 heterocycles. The van der Waals surface area contributed by atoms with Crippen LogP contribution in [0.5, 0.6) is 0 Å². The Labute approximate surface area is 101 Å². The summed E-state index contributed by atoms with van der Waals surface area (Å²) in [5.41, 5.74) is 0. The van der Waals surface area contributed by atoms with Crippen molar-refractivity contribution < 1.29 is 14.3 Å². The zero-order chi connectivity index (χ0) is 12.5. The van der Waals surface area contributed by atoms with E-state index in [-0.39, 0.29) is 17.9 Å². The molecule has 0 saturated carbocycles. The van der Waals surface area contributed by atoms with Crippen LogP contribution in [0.1, 0.15) is 19.3 Å². The van der Waals surface area contributed by atoms with Crippen LogP contribution < -0.4 is 16.0 Å². The van der Waals surface area contributed by atoms with E-state index in [0.29, 0.717) is 32.7 Å². The fraction of sp³-hybridized carbons (Fsp3) is 0.818. The zero-order valence-electron chi connectivity index (χ0n) is 10.3. The van der Waals surface area contributed by atoms with Gasteiger partial charge in [0.2, 0.25) is 11.8 Å². The number of ether oxygens (including phenoxy) is 1. The molecule has 1 aliphatic heterocycles. The lowest BCUT2D eigenvalue weighted by Crippen LogP contribution is -2.48. The Kier molecular flexibility index (Phi) is 6.57. The zero-order valence-corrected chi connectivity index (χ0v) is 10.3. The predicted molar refractivity (Wildman–Crippen MR) is 63.5 cm³/mol. The number of amides is 2. The smallest absolute Gasteiger partial charge is 0.233 e. The van der Waals surface area contributed by atoms with E-state index < -0.39 is 0 Å². The van der Waals surface area contributed by atoms with Gasteiger partial charge in [-0.15, -0.1) is 0 Å². The largest absolute Gasteiger partial charge is 0.385 e. The molecule has 1 saturated heterocycles. The summed E-state index contributed by atoms with van der Waals surface area (Å²) in [5.74, 6) is 0.0741. The van der Waals surface area contributed by atoms with Crippen molar-refractivity contribution in [2.24, 2.45) is 0 Å². The van der Waals surface area contributed by atoms with Crippen molar-refractivity contribution in [3.8, 4) is 0 Å². The predicted octanol–water partition coefficient (Wildman–Crippen LogP) is -0.993. The van der Waals surface area contributed by atoms with E-state index in [1.165, 1.54) is 0 Å². The molecule has 0 aromatic carbocycles. The minimum Gasteiger partial charge on any atom is -0.385 e. The number of piperidine rings is 1. The lowest BCUT2D eigenvalue weighted by molar-refractivity contribution is -0.122. The lowest BCUT2D eigenvalue weighted by Gasteiger charge is -2.23. The van der Waals surface area contributed by atoms with Gasteiger partial charge < -0.3 is 20.7 Å². The summed E-state index contributed by atoms with van der Waals surface area (Å²) >= 11 is 0. The molecule has 6 nitrogen and oxygen atoms in total. The molecule has 0 aromatic heterocycles. The van der Waals surface area contributed by atoms with Gasteiger partial charge in [-0.05, 0) is 12.8 Å². The quantitative estimate of drug-likeness (QED) is 0.502. The molecule has 2 amide bonds. The molecule has 6 heteroatoms. The van der Waals surface area contributed by atoms with Gasteiger partial charge in [-0.25, -0.2) is 0 Å². The first-order chi connectivity index (χ1) is 8.22. The van der Waals surface area contributed by atoms with Crippen LogP contribution in [0.3, 0.4) is 0 Å². The third-order valence-electron chi connectivity index (χ3n) is 2.66. The van der Waals surface area contributed by atoms with Gasteiger partial charge in [-0.1, -0.05) is 0 Å². The first-order valence-corrected chi connectivity index (χ1v) is 5.98. The molecule has 17 heavy (non-hydrogen) atoms. The third kappa shape index (κ3) is 6.23. The summed E-state index contributed by atoms with van der Waals surface area (Å²) in [6, 6.07) is 0.206. The van der Waals surface area contributed by atoms with Crippen LogP contribution >= 0.6 is 0 Å². The van der Waals surface area contributed by atoms with E-state index in [1.54, 1.807) is 7.11 Å². The second-order valence-electron chi connectivity index (χ2n) is 4.12. The monoisotopic (exact) mass is 243 g/mol. The molecular weight excluding hydrogens is 222 g/mol. The van der Waals surface area contributed by atoms with Gasteiger partial charge in [-0.3, -0.25) is 9.59 Å². The van der Waals surface area contributed by atoms with E-state index in [2.05, 4.69) is 16.0 Å². The van der Waals surface area contributed by atoms with Gasteiger partial charge in [0.15, 0.2) is 0 Å². The minimum absolute atomic E-state index is 0.0157. The Morgan fingerprint density at radius 2 is 2.41 bits per heavy atom. The van der Waals surface area contributed by atoms with Crippen molar-refractivity contribution in [2.75, 3.05) is 33.4 Å². The van der Waals surface area contributed by atoms with Crippen LogP contribution in [0.15, 0.2) is 0 Å². The van der Waals surface area contributed by atoms with Crippen molar-refractivity contribution >= 4 is 11.8 Å². The first kappa shape index (κ1) is 13.9. The lowest BCUT2D eigenvalue weighted by atomic mass is 10.1. The van der Waals surface area contributed by atoms with E-state index in [4.69, 9.17) is 4.74 Å². The number of carbonyl (C=O) groups is 2. The number of hydrogen-bond donors (Lipinski definition) is 3. The Hall–Kier alpha value is -1.14. The molecule has 1 atom stereocenters. The molecule has 1 aliphatic rings. The maximum absolute atomic E-state index is 11.4. The third-order valence-corrected chi connectivity index (χ3v) is 2.66. The Bertz CT molecular complexity index is 248. The highest BCUT2D eigenvalue weighted by atomic mass is 16.5. The van der Waals surface area contributed by atoms with Gasteiger partial charge in [0, 0.05) is 39.3 Å². The average molecular weight is 243 g/mol. The Balaban J connectivity index is 2.01. The van der Waals surface area contributed by atoms with Gasteiger partial charge in [0.1, 0.15) is 0 Å². The number of hydrogen-bond acceptors (Lipinski definition) is 4. The summed E-state index contributed by atoms with van der Waals surface area (Å²) < 4.78 is 4.88. The molecule has 1 unspecified atom stereocenters. The van der Waals surface area contributed by atoms with Crippen molar-refractivity contribution in [3.05, 3.63) is 0 Å². The maximum Gasteiger partial charge on any atom is 0.233 e. The molecule has 0 radical (unpaired) electrons. The highest BCUT2D eigenvalue weighted by Gasteiger charge is 2.17. The van der Waals surface area contributed by atoms with Gasteiger partial charge in [0.05, 0.1) is 6.54 Å². The van der Waals surface area contributed by atoms with E-state index in [1.807, 2.05) is 0 Å². The molecular formula is C11H21N3O3. The maximum atomic E-state index is 11.4. The normalized spacial score (nSPS) is 19.8. The first-order valence-electron chi connectivity index (χ1n) is 5.98. The van der Waals surface area contributed by atoms with Crippen LogP contribution in [0.4, 0.5) is 0 Å². The second-order valence-corrected chi connectivity index (χ2v) is 4.12. The van der Waals surface area contributed by atoms with Gasteiger partial charge in [0.25, 0.3) is 0 Å². The molecule has 0 spiro atoms. The fourth-order valence-electron chi connectivity index (χ4n) is 1.65. The SMILES string of the molecule is COCCCNC(=O)CNC1CCC(=O)NC1. The van der Waals surface area contributed by atoms with Gasteiger partial charge in [-0.2, -0.15) is 0 Å². The standard InChI is InChI=1S/C11H21N3O3/c1-17-6-2-5-12-11(16)8-13-9-3-4-10(15)14-7-9/h9,13H,2-8H2,1H3,(H,12,16)(H,14,15). The van der Waals surface area contributed by atoms with Crippen LogP contribution in [0, 0.1) is 0 Å². The van der Waals surface area contributed by atoms with E-state index in [0.717, 1.165) is 12.8 Å². The summed E-state index contributed by atoms with van der Waals surface area (Å²) in [4.78, 5) is 22.3. The molecule has 3 N–H and O–H groups in total. The summed E-state index contributed by atoms with van der Waals surface area (Å²) in [6.07, 6.45) is 2.15. The average Bonchev–Trinajstić information content (AvgIpc) is 2.34. The minimum atomic E-state index is -0.0157. The fourth-order valence-corrected chi connectivity index (χ4v) is 1.65. The molecule has 98 valence electrons. The highest BCUT2D eigenvalue weighted by molar-refractivity contribution is 5.78. The van der Waals surface area contributed by atoms with Crippen LogP contribution in [-0.2, 0) is 14.3 Å². The Morgan fingerprint density at radius 3 is 3.06 bits per heavy atom. The van der Waals surface area contributed by atoms with Crippen LogP contribution in [-0.4, -0.2) is 51.2 Å². The van der Waals surface area contributed by atoms with Crippen molar-refractivity contribution in [1.82, 2.24) is 16.0 Å². The molecule has 0 aromatic rings. The molecule has 1 rings (SSSR count). The van der Waals surface area contributed by atoms with Crippen LogP contribution in [0.25, 0.3) is 0 Å². The van der Waals surface area contributed by atoms with Crippen LogP contribution in [0.2, 0.25) is 0 Å². The Morgan fingerprint density at radius 1 is 1.59 bits per heavy atom. The topological polar surface area (TPSA) is 79.5 Å². The number of nitrogens with one attached hydrogen (secondary N) is 3. The van der Waals surface area contributed by atoms with E-state index in [9.17, 15) is 9.59 Å². The van der Waals surface area contributed by atoms with Crippen molar-refractivity contribution in [3.63, 3.8) is 0 Å². The second kappa shape index (κ2) is 8.03. The van der Waals surface area contributed by atoms with Crippen molar-refractivity contribution in [2.45, 2.75) is 25.3 Å². The van der Waals surface area contributed by atoms with Crippen molar-refractivity contribution in [1.29, 1.82) is 0 Å². The molecule has 0 aliphatic carbocycles. The molecule has 0 bridgehead atoms. The summed E-state index contributed by atoms with van der Waals surface area (Å²) in [6.45, 7) is 2.20. The summed E-state index contributed by atoms with van der Waals surface area (Å²) in [5, 5.41) is 8.69. The van der Waals surface area contributed by atoms with Gasteiger partial charge >= 0.3 is 0 Å².